The third-order valence-electron chi connectivity index (χ3n) is 5.01. The van der Waals surface area contributed by atoms with Crippen molar-refractivity contribution in [1.29, 1.82) is 0 Å². The second-order valence-electron chi connectivity index (χ2n) is 6.68. The quantitative estimate of drug-likeness (QED) is 0.208. The van der Waals surface area contributed by atoms with Crippen LogP contribution in [0.15, 0.2) is 60.7 Å². The van der Waals surface area contributed by atoms with E-state index in [9.17, 15) is 19.7 Å². The molecule has 4 aromatic rings. The van der Waals surface area contributed by atoms with E-state index >= 15 is 0 Å². The number of ether oxygens (including phenoxy) is 2. The van der Waals surface area contributed by atoms with Crippen molar-refractivity contribution in [2.45, 2.75) is 0 Å². The zero-order valence-corrected chi connectivity index (χ0v) is 16.6. The highest BCUT2D eigenvalue weighted by atomic mass is 16.6. The van der Waals surface area contributed by atoms with Gasteiger partial charge in [-0.1, -0.05) is 30.3 Å². The number of aromatic nitrogens is 1. The number of carbonyl (C=O) groups excluding carboxylic acids is 2. The van der Waals surface area contributed by atoms with E-state index in [4.69, 9.17) is 9.47 Å². The van der Waals surface area contributed by atoms with E-state index < -0.39 is 16.9 Å². The standard InChI is InChI=1S/C23H16N2O6/c1-30-22(26)19-18-16-6-4-3-5-13(16)9-12-17(18)24-21(20(19)23(27)31-2)14-7-10-15(11-8-14)25(28)29/h3-12H,1-2H3. The summed E-state index contributed by atoms with van der Waals surface area (Å²) in [5, 5.41) is 13.1. The molecule has 0 saturated carbocycles. The molecule has 0 unspecified atom stereocenters. The van der Waals surface area contributed by atoms with E-state index in [0.717, 1.165) is 10.8 Å². The van der Waals surface area contributed by atoms with E-state index in [1.54, 1.807) is 6.07 Å². The van der Waals surface area contributed by atoms with Gasteiger partial charge in [-0.15, -0.1) is 0 Å². The van der Waals surface area contributed by atoms with E-state index in [1.165, 1.54) is 38.5 Å². The monoisotopic (exact) mass is 416 g/mol. The Morgan fingerprint density at radius 1 is 0.871 bits per heavy atom. The summed E-state index contributed by atoms with van der Waals surface area (Å²) in [5.74, 6) is -1.48. The average molecular weight is 416 g/mol. The first-order valence-corrected chi connectivity index (χ1v) is 9.23. The van der Waals surface area contributed by atoms with Crippen LogP contribution in [0, 0.1) is 10.1 Å². The Bertz CT molecular complexity index is 1360. The highest BCUT2D eigenvalue weighted by Crippen LogP contribution is 2.35. The molecule has 0 aliphatic carbocycles. The lowest BCUT2D eigenvalue weighted by Gasteiger charge is -2.16. The van der Waals surface area contributed by atoms with Crippen LogP contribution in [0.2, 0.25) is 0 Å². The molecule has 31 heavy (non-hydrogen) atoms. The number of hydrogen-bond donors (Lipinski definition) is 0. The number of nitro groups is 1. The van der Waals surface area contributed by atoms with Gasteiger partial charge in [-0.2, -0.15) is 0 Å². The predicted molar refractivity (Wildman–Crippen MR) is 114 cm³/mol. The molecule has 0 spiro atoms. The molecule has 8 heteroatoms. The second kappa shape index (κ2) is 7.83. The molecular formula is C23H16N2O6. The molecule has 1 aromatic heterocycles. The van der Waals surface area contributed by atoms with Crippen LogP contribution in [-0.4, -0.2) is 36.1 Å². The van der Waals surface area contributed by atoms with Gasteiger partial charge >= 0.3 is 11.9 Å². The summed E-state index contributed by atoms with van der Waals surface area (Å²) >= 11 is 0. The Morgan fingerprint density at radius 2 is 1.52 bits per heavy atom. The lowest BCUT2D eigenvalue weighted by atomic mass is 9.93. The number of methoxy groups -OCH3 is 2. The third-order valence-corrected chi connectivity index (χ3v) is 5.01. The maximum absolute atomic E-state index is 12.9. The molecule has 1 heterocycles. The number of carbonyl (C=O) groups is 2. The molecule has 0 N–H and O–H groups in total. The highest BCUT2D eigenvalue weighted by molar-refractivity contribution is 6.21. The van der Waals surface area contributed by atoms with Crippen LogP contribution in [0.3, 0.4) is 0 Å². The molecule has 3 aromatic carbocycles. The number of nitro benzene ring substituents is 1. The van der Waals surface area contributed by atoms with Crippen molar-refractivity contribution in [3.63, 3.8) is 0 Å². The number of hydrogen-bond acceptors (Lipinski definition) is 7. The summed E-state index contributed by atoms with van der Waals surface area (Å²) in [6, 6.07) is 16.6. The van der Waals surface area contributed by atoms with Gasteiger partial charge in [0.25, 0.3) is 5.69 Å². The number of rotatable bonds is 4. The number of nitrogens with zero attached hydrogens (tertiary/aromatic N) is 2. The summed E-state index contributed by atoms with van der Waals surface area (Å²) < 4.78 is 9.97. The normalized spacial score (nSPS) is 10.8. The molecule has 8 nitrogen and oxygen atoms in total. The molecule has 0 saturated heterocycles. The lowest BCUT2D eigenvalue weighted by Crippen LogP contribution is -2.15. The van der Waals surface area contributed by atoms with Crippen molar-refractivity contribution in [2.24, 2.45) is 0 Å². The smallest absolute Gasteiger partial charge is 0.340 e. The molecule has 4 rings (SSSR count). The Labute approximate surface area is 176 Å². The van der Waals surface area contributed by atoms with E-state index in [1.807, 2.05) is 30.3 Å². The van der Waals surface area contributed by atoms with E-state index in [2.05, 4.69) is 4.98 Å². The van der Waals surface area contributed by atoms with Crippen LogP contribution >= 0.6 is 0 Å². The highest BCUT2D eigenvalue weighted by Gasteiger charge is 2.28. The fourth-order valence-electron chi connectivity index (χ4n) is 3.59. The Kier molecular flexibility index (Phi) is 5.04. The van der Waals surface area contributed by atoms with Gasteiger partial charge in [0.15, 0.2) is 0 Å². The van der Waals surface area contributed by atoms with Crippen LogP contribution in [0.1, 0.15) is 20.7 Å². The minimum atomic E-state index is -0.768. The zero-order valence-electron chi connectivity index (χ0n) is 16.6. The molecule has 0 amide bonds. The van der Waals surface area contributed by atoms with Gasteiger partial charge in [0.05, 0.1) is 35.9 Å². The van der Waals surface area contributed by atoms with Gasteiger partial charge in [0.1, 0.15) is 5.56 Å². The first kappa shape index (κ1) is 20.0. The van der Waals surface area contributed by atoms with Crippen molar-refractivity contribution >= 4 is 39.3 Å². The topological polar surface area (TPSA) is 109 Å². The SMILES string of the molecule is COC(=O)c1c(-c2ccc([N+](=O)[O-])cc2)nc2ccc3ccccc3c2c1C(=O)OC. The fraction of sp³-hybridized carbons (Fsp3) is 0.0870. The van der Waals surface area contributed by atoms with Crippen LogP contribution in [0.5, 0.6) is 0 Å². The lowest BCUT2D eigenvalue weighted by molar-refractivity contribution is -0.384. The predicted octanol–water partition coefficient (Wildman–Crippen LogP) is 4.54. The maximum Gasteiger partial charge on any atom is 0.340 e. The molecule has 0 aliphatic rings. The van der Waals surface area contributed by atoms with Gasteiger partial charge in [-0.05, 0) is 29.0 Å². The van der Waals surface area contributed by atoms with Gasteiger partial charge in [-0.3, -0.25) is 10.1 Å². The molecule has 0 bridgehead atoms. The number of fused-ring (bicyclic) bond motifs is 3. The van der Waals surface area contributed by atoms with Crippen LogP contribution in [0.4, 0.5) is 5.69 Å². The molecule has 0 fully saturated rings. The first-order valence-electron chi connectivity index (χ1n) is 9.23. The van der Waals surface area contributed by atoms with Crippen molar-refractivity contribution in [1.82, 2.24) is 4.98 Å². The average Bonchev–Trinajstić information content (AvgIpc) is 2.81. The van der Waals surface area contributed by atoms with Crippen molar-refractivity contribution in [3.8, 4) is 11.3 Å². The summed E-state index contributed by atoms with van der Waals surface area (Å²) in [6.07, 6.45) is 0. The Hall–Kier alpha value is -4.33. The van der Waals surface area contributed by atoms with Gasteiger partial charge < -0.3 is 9.47 Å². The Balaban J connectivity index is 2.16. The molecule has 154 valence electrons. The van der Waals surface area contributed by atoms with Crippen LogP contribution in [0.25, 0.3) is 32.9 Å². The van der Waals surface area contributed by atoms with E-state index in [-0.39, 0.29) is 22.5 Å². The second-order valence-corrected chi connectivity index (χ2v) is 6.68. The zero-order chi connectivity index (χ0) is 22.1. The van der Waals surface area contributed by atoms with Crippen LogP contribution < -0.4 is 0 Å². The summed E-state index contributed by atoms with van der Waals surface area (Å²) in [5.41, 5.74) is 0.927. The van der Waals surface area contributed by atoms with Crippen molar-refractivity contribution < 1.29 is 24.0 Å². The summed E-state index contributed by atoms with van der Waals surface area (Å²) in [4.78, 5) is 40.8. The minimum absolute atomic E-state index is 0.0319. The minimum Gasteiger partial charge on any atom is -0.465 e. The first-order chi connectivity index (χ1) is 15.0. The number of non-ortho nitro benzene ring substituents is 1. The molecule has 0 aliphatic heterocycles. The van der Waals surface area contributed by atoms with Gasteiger partial charge in [0.2, 0.25) is 0 Å². The van der Waals surface area contributed by atoms with Gasteiger partial charge in [-0.25, -0.2) is 14.6 Å². The number of pyridine rings is 1. The largest absolute Gasteiger partial charge is 0.465 e. The molecule has 0 atom stereocenters. The van der Waals surface area contributed by atoms with Crippen molar-refractivity contribution in [3.05, 3.63) is 81.9 Å². The summed E-state index contributed by atoms with van der Waals surface area (Å²) in [7, 11) is 2.43. The summed E-state index contributed by atoms with van der Waals surface area (Å²) in [6.45, 7) is 0. The third kappa shape index (κ3) is 3.33. The van der Waals surface area contributed by atoms with Gasteiger partial charge in [0, 0.05) is 23.1 Å². The van der Waals surface area contributed by atoms with Crippen LogP contribution in [-0.2, 0) is 9.47 Å². The fourth-order valence-corrected chi connectivity index (χ4v) is 3.59. The molecule has 0 radical (unpaired) electrons. The molecular weight excluding hydrogens is 400 g/mol. The number of benzene rings is 3. The maximum atomic E-state index is 12.9. The number of esters is 2. The Morgan fingerprint density at radius 3 is 2.16 bits per heavy atom. The van der Waals surface area contributed by atoms with E-state index in [0.29, 0.717) is 16.5 Å². The van der Waals surface area contributed by atoms with Crippen molar-refractivity contribution in [2.75, 3.05) is 14.2 Å².